The van der Waals surface area contributed by atoms with E-state index in [1.807, 2.05) is 31.2 Å². The highest BCUT2D eigenvalue weighted by Crippen LogP contribution is 2.29. The lowest BCUT2D eigenvalue weighted by atomic mass is 10.0. The summed E-state index contributed by atoms with van der Waals surface area (Å²) in [6, 6.07) is 7.62. The van der Waals surface area contributed by atoms with E-state index in [1.54, 1.807) is 13.8 Å². The van der Waals surface area contributed by atoms with Crippen molar-refractivity contribution in [2.24, 2.45) is 0 Å². The molecule has 0 saturated carbocycles. The highest BCUT2D eigenvalue weighted by molar-refractivity contribution is 7.91. The van der Waals surface area contributed by atoms with Gasteiger partial charge in [0.25, 0.3) is 0 Å². The van der Waals surface area contributed by atoms with Gasteiger partial charge in [-0.3, -0.25) is 0 Å². The van der Waals surface area contributed by atoms with Gasteiger partial charge < -0.3 is 0 Å². The average Bonchev–Trinajstić information content (AvgIpc) is 2.02. The first-order valence-corrected chi connectivity index (χ1v) is 6.41. The quantitative estimate of drug-likeness (QED) is 0.753. The van der Waals surface area contributed by atoms with Crippen LogP contribution in [0.3, 0.4) is 0 Å². The van der Waals surface area contributed by atoms with Gasteiger partial charge in [-0.15, -0.1) is 0 Å². The third-order valence-electron chi connectivity index (χ3n) is 2.64. The molecule has 1 aromatic rings. The molecule has 0 aliphatic heterocycles. The van der Waals surface area contributed by atoms with E-state index in [-0.39, 0.29) is 0 Å². The molecule has 0 aliphatic carbocycles. The molecule has 0 aliphatic rings. The molecule has 78 valence electrons. The number of hydrogen-bond acceptors (Lipinski definition) is 2. The molecule has 2 nitrogen and oxygen atoms in total. The predicted molar refractivity (Wildman–Crippen MR) is 59.0 cm³/mol. The predicted octanol–water partition coefficient (Wildman–Crippen LogP) is 2.27. The van der Waals surface area contributed by atoms with Gasteiger partial charge in [-0.05, 0) is 26.3 Å². The molecule has 1 aromatic carbocycles. The van der Waals surface area contributed by atoms with Crippen LogP contribution in [0.2, 0.25) is 0 Å². The molecule has 14 heavy (non-hydrogen) atoms. The number of benzene rings is 1. The van der Waals surface area contributed by atoms with Crippen LogP contribution in [0.25, 0.3) is 0 Å². The zero-order valence-corrected chi connectivity index (χ0v) is 9.85. The standard InChI is InChI=1S/C11H16O2S/c1-9-6-5-7-10(8-9)11(2,3)14(4,12)13/h5-8H,1-4H3. The van der Waals surface area contributed by atoms with Gasteiger partial charge in [-0.2, -0.15) is 0 Å². The van der Waals surface area contributed by atoms with E-state index in [0.717, 1.165) is 11.1 Å². The topological polar surface area (TPSA) is 34.1 Å². The van der Waals surface area contributed by atoms with E-state index < -0.39 is 14.6 Å². The van der Waals surface area contributed by atoms with E-state index >= 15 is 0 Å². The maximum absolute atomic E-state index is 11.6. The summed E-state index contributed by atoms with van der Waals surface area (Å²) in [5.41, 5.74) is 1.93. The van der Waals surface area contributed by atoms with E-state index in [0.29, 0.717) is 0 Å². The van der Waals surface area contributed by atoms with Gasteiger partial charge >= 0.3 is 0 Å². The molecule has 0 unspecified atom stereocenters. The monoisotopic (exact) mass is 212 g/mol. The van der Waals surface area contributed by atoms with Crippen molar-refractivity contribution in [3.8, 4) is 0 Å². The third kappa shape index (κ3) is 1.98. The molecular weight excluding hydrogens is 196 g/mol. The summed E-state index contributed by atoms with van der Waals surface area (Å²) < 4.78 is 22.3. The second kappa shape index (κ2) is 3.39. The lowest BCUT2D eigenvalue weighted by molar-refractivity contribution is 0.561. The highest BCUT2D eigenvalue weighted by Gasteiger charge is 2.31. The van der Waals surface area contributed by atoms with Crippen LogP contribution in [-0.2, 0) is 14.6 Å². The number of hydrogen-bond donors (Lipinski definition) is 0. The summed E-state index contributed by atoms with van der Waals surface area (Å²) in [4.78, 5) is 0. The highest BCUT2D eigenvalue weighted by atomic mass is 32.2. The van der Waals surface area contributed by atoms with Crippen molar-refractivity contribution in [1.82, 2.24) is 0 Å². The Bertz CT molecular complexity index is 430. The SMILES string of the molecule is Cc1cccc(C(C)(C)S(C)(=O)=O)c1. The van der Waals surface area contributed by atoms with Crippen molar-refractivity contribution in [1.29, 1.82) is 0 Å². The molecule has 0 bridgehead atoms. The molecule has 0 amide bonds. The van der Waals surface area contributed by atoms with Gasteiger partial charge in [-0.25, -0.2) is 8.42 Å². The summed E-state index contributed by atoms with van der Waals surface area (Å²) >= 11 is 0. The minimum absolute atomic E-state index is 0.807. The molecule has 0 heterocycles. The van der Waals surface area contributed by atoms with Crippen LogP contribution in [0, 0.1) is 6.92 Å². The first-order valence-electron chi connectivity index (χ1n) is 4.52. The van der Waals surface area contributed by atoms with Crippen LogP contribution in [0.1, 0.15) is 25.0 Å². The summed E-state index contributed by atoms with van der Waals surface area (Å²) in [6.45, 7) is 5.43. The molecule has 0 radical (unpaired) electrons. The first-order chi connectivity index (χ1) is 6.25. The molecule has 3 heteroatoms. The van der Waals surface area contributed by atoms with Crippen LogP contribution in [0.15, 0.2) is 24.3 Å². The normalized spacial score (nSPS) is 12.9. The number of aryl methyl sites for hydroxylation is 1. The minimum Gasteiger partial charge on any atom is -0.228 e. The largest absolute Gasteiger partial charge is 0.228 e. The van der Waals surface area contributed by atoms with Gasteiger partial charge in [0, 0.05) is 6.26 Å². The van der Waals surface area contributed by atoms with Gasteiger partial charge in [-0.1, -0.05) is 29.8 Å². The van der Waals surface area contributed by atoms with Crippen molar-refractivity contribution in [3.63, 3.8) is 0 Å². The molecule has 0 N–H and O–H groups in total. The van der Waals surface area contributed by atoms with Crippen LogP contribution >= 0.6 is 0 Å². The molecular formula is C11H16O2S. The Labute approximate surface area is 85.9 Å². The van der Waals surface area contributed by atoms with E-state index in [1.165, 1.54) is 6.26 Å². The van der Waals surface area contributed by atoms with E-state index in [9.17, 15) is 8.42 Å². The molecule has 0 spiro atoms. The minimum atomic E-state index is -3.07. The maximum Gasteiger partial charge on any atom is 0.156 e. The zero-order valence-electron chi connectivity index (χ0n) is 9.03. The second-order valence-corrected chi connectivity index (χ2v) is 6.72. The third-order valence-corrected chi connectivity index (χ3v) is 4.73. The Morgan fingerprint density at radius 1 is 1.21 bits per heavy atom. The van der Waals surface area contributed by atoms with E-state index in [4.69, 9.17) is 0 Å². The lowest BCUT2D eigenvalue weighted by Gasteiger charge is -2.23. The fraction of sp³-hybridized carbons (Fsp3) is 0.455. The summed E-state index contributed by atoms with van der Waals surface area (Å²) in [6.07, 6.45) is 1.27. The van der Waals surface area contributed by atoms with Gasteiger partial charge in [0.1, 0.15) is 0 Å². The first kappa shape index (κ1) is 11.2. The van der Waals surface area contributed by atoms with Gasteiger partial charge in [0.2, 0.25) is 0 Å². The summed E-state index contributed by atoms with van der Waals surface area (Å²) in [5, 5.41) is 0. The molecule has 0 aromatic heterocycles. The number of rotatable bonds is 2. The van der Waals surface area contributed by atoms with Crippen LogP contribution < -0.4 is 0 Å². The van der Waals surface area contributed by atoms with E-state index in [2.05, 4.69) is 0 Å². The van der Waals surface area contributed by atoms with Crippen molar-refractivity contribution in [2.75, 3.05) is 6.26 Å². The number of sulfone groups is 1. The molecule has 0 fully saturated rings. The molecule has 1 rings (SSSR count). The maximum atomic E-state index is 11.6. The zero-order chi connectivity index (χ0) is 11.0. The lowest BCUT2D eigenvalue weighted by Crippen LogP contribution is -2.27. The molecule has 0 saturated heterocycles. The Hall–Kier alpha value is -0.830. The Morgan fingerprint density at radius 2 is 1.79 bits per heavy atom. The smallest absolute Gasteiger partial charge is 0.156 e. The van der Waals surface area contributed by atoms with Crippen LogP contribution in [0.4, 0.5) is 0 Å². The average molecular weight is 212 g/mol. The second-order valence-electron chi connectivity index (χ2n) is 4.15. The summed E-state index contributed by atoms with van der Waals surface area (Å²) in [7, 11) is -3.07. The fourth-order valence-corrected chi connectivity index (χ4v) is 1.79. The van der Waals surface area contributed by atoms with Gasteiger partial charge in [0.05, 0.1) is 4.75 Å². The molecule has 0 atom stereocenters. The van der Waals surface area contributed by atoms with Crippen molar-refractivity contribution in [2.45, 2.75) is 25.5 Å². The Morgan fingerprint density at radius 3 is 2.21 bits per heavy atom. The summed E-state index contributed by atoms with van der Waals surface area (Å²) in [5.74, 6) is 0. The van der Waals surface area contributed by atoms with Crippen LogP contribution in [-0.4, -0.2) is 14.7 Å². The van der Waals surface area contributed by atoms with Crippen molar-refractivity contribution in [3.05, 3.63) is 35.4 Å². The Kier molecular flexibility index (Phi) is 2.72. The van der Waals surface area contributed by atoms with Crippen molar-refractivity contribution >= 4 is 9.84 Å². The fourth-order valence-electron chi connectivity index (χ4n) is 1.23. The van der Waals surface area contributed by atoms with Gasteiger partial charge in [0.15, 0.2) is 9.84 Å². The Balaban J connectivity index is 3.31. The van der Waals surface area contributed by atoms with Crippen molar-refractivity contribution < 1.29 is 8.42 Å². The van der Waals surface area contributed by atoms with Crippen LogP contribution in [0.5, 0.6) is 0 Å².